The molecule has 0 spiro atoms. The van der Waals surface area contributed by atoms with Crippen molar-refractivity contribution in [1.82, 2.24) is 9.21 Å². The zero-order valence-corrected chi connectivity index (χ0v) is 22.0. The molecular formula is C27H29BrN2O4S. The van der Waals surface area contributed by atoms with Crippen LogP contribution in [0.3, 0.4) is 0 Å². The molecule has 35 heavy (non-hydrogen) atoms. The van der Waals surface area contributed by atoms with Crippen LogP contribution < -0.4 is 4.74 Å². The number of nitrogens with zero attached hydrogens (tertiary/aromatic N) is 2. The van der Waals surface area contributed by atoms with Crippen molar-refractivity contribution in [3.8, 4) is 5.75 Å². The van der Waals surface area contributed by atoms with Crippen molar-refractivity contribution in [1.29, 1.82) is 0 Å². The van der Waals surface area contributed by atoms with Crippen molar-refractivity contribution in [2.75, 3.05) is 20.2 Å². The molecule has 4 rings (SSSR count). The highest BCUT2D eigenvalue weighted by atomic mass is 79.9. The topological polar surface area (TPSA) is 66.9 Å². The highest BCUT2D eigenvalue weighted by Crippen LogP contribution is 2.29. The van der Waals surface area contributed by atoms with Crippen molar-refractivity contribution in [3.05, 3.63) is 94.5 Å². The summed E-state index contributed by atoms with van der Waals surface area (Å²) in [6, 6.07) is 22.5. The van der Waals surface area contributed by atoms with Crippen LogP contribution in [0.4, 0.5) is 0 Å². The van der Waals surface area contributed by atoms with E-state index in [4.69, 9.17) is 4.74 Å². The van der Waals surface area contributed by atoms with E-state index in [0.717, 1.165) is 22.9 Å². The van der Waals surface area contributed by atoms with Crippen LogP contribution in [0.25, 0.3) is 0 Å². The van der Waals surface area contributed by atoms with Crippen LogP contribution in [0.5, 0.6) is 5.75 Å². The number of hydrogen-bond donors (Lipinski definition) is 0. The summed E-state index contributed by atoms with van der Waals surface area (Å²) in [7, 11) is -2.47. The molecule has 0 radical (unpaired) electrons. The Morgan fingerprint density at radius 2 is 1.60 bits per heavy atom. The molecule has 0 aliphatic carbocycles. The Balaban J connectivity index is 1.82. The van der Waals surface area contributed by atoms with Crippen LogP contribution >= 0.6 is 15.9 Å². The van der Waals surface area contributed by atoms with E-state index in [1.54, 1.807) is 42.3 Å². The highest BCUT2D eigenvalue weighted by molar-refractivity contribution is 9.10. The molecule has 1 amide bonds. The Kier molecular flexibility index (Phi) is 8.26. The Bertz CT molecular complexity index is 1240. The fourth-order valence-corrected chi connectivity index (χ4v) is 6.23. The first-order valence-electron chi connectivity index (χ1n) is 11.6. The normalized spacial score (nSPS) is 14.8. The standard InChI is InChI=1S/C27H29BrN2O4S/c1-34-26-12-6-5-11-22(26)20-30(35(32,33)24-15-13-23(28)14-16-24)25(19-21-9-3-2-4-10-21)27(31)29-17-7-8-18-29/h2-6,9-16,25H,7-8,17-20H2,1H3. The summed E-state index contributed by atoms with van der Waals surface area (Å²) >= 11 is 3.38. The van der Waals surface area contributed by atoms with Gasteiger partial charge in [-0.1, -0.05) is 64.5 Å². The van der Waals surface area contributed by atoms with Crippen LogP contribution in [-0.4, -0.2) is 49.8 Å². The van der Waals surface area contributed by atoms with Gasteiger partial charge in [0.05, 0.1) is 12.0 Å². The molecule has 0 saturated carbocycles. The average Bonchev–Trinajstić information content (AvgIpc) is 3.42. The van der Waals surface area contributed by atoms with Crippen molar-refractivity contribution in [2.24, 2.45) is 0 Å². The summed E-state index contributed by atoms with van der Waals surface area (Å²) in [6.45, 7) is 1.30. The van der Waals surface area contributed by atoms with E-state index in [2.05, 4.69) is 15.9 Å². The van der Waals surface area contributed by atoms with E-state index < -0.39 is 16.1 Å². The largest absolute Gasteiger partial charge is 0.496 e. The number of likely N-dealkylation sites (tertiary alicyclic amines) is 1. The predicted molar refractivity (Wildman–Crippen MR) is 140 cm³/mol. The fourth-order valence-electron chi connectivity index (χ4n) is 4.40. The van der Waals surface area contributed by atoms with Crippen LogP contribution in [-0.2, 0) is 27.8 Å². The second-order valence-electron chi connectivity index (χ2n) is 8.55. The van der Waals surface area contributed by atoms with Gasteiger partial charge in [-0.15, -0.1) is 0 Å². The number of hydrogen-bond acceptors (Lipinski definition) is 4. The number of methoxy groups -OCH3 is 1. The summed E-state index contributed by atoms with van der Waals surface area (Å²) in [6.07, 6.45) is 2.13. The van der Waals surface area contributed by atoms with Gasteiger partial charge in [0.2, 0.25) is 15.9 Å². The molecule has 1 unspecified atom stereocenters. The van der Waals surface area contributed by atoms with Crippen LogP contribution in [0.1, 0.15) is 24.0 Å². The van der Waals surface area contributed by atoms with Gasteiger partial charge >= 0.3 is 0 Å². The minimum atomic E-state index is -4.03. The van der Waals surface area contributed by atoms with E-state index in [9.17, 15) is 13.2 Å². The molecule has 1 saturated heterocycles. The number of sulfonamides is 1. The number of rotatable bonds is 9. The van der Waals surface area contributed by atoms with E-state index in [1.165, 1.54) is 4.31 Å². The van der Waals surface area contributed by atoms with Gasteiger partial charge in [-0.2, -0.15) is 4.31 Å². The summed E-state index contributed by atoms with van der Waals surface area (Å²) in [4.78, 5) is 15.8. The van der Waals surface area contributed by atoms with Crippen molar-refractivity contribution < 1.29 is 17.9 Å². The first kappa shape index (κ1) is 25.4. The van der Waals surface area contributed by atoms with Crippen LogP contribution in [0.2, 0.25) is 0 Å². The lowest BCUT2D eigenvalue weighted by molar-refractivity contribution is -0.134. The van der Waals surface area contributed by atoms with E-state index >= 15 is 0 Å². The van der Waals surface area contributed by atoms with Gasteiger partial charge in [0.15, 0.2) is 0 Å². The predicted octanol–water partition coefficient (Wildman–Crippen LogP) is 4.88. The summed E-state index contributed by atoms with van der Waals surface area (Å²) < 4.78 is 35.8. The van der Waals surface area contributed by atoms with Crippen molar-refractivity contribution in [3.63, 3.8) is 0 Å². The number of carbonyl (C=O) groups excluding carboxylic acids is 1. The fraction of sp³-hybridized carbons (Fsp3) is 0.296. The van der Waals surface area contributed by atoms with Gasteiger partial charge in [0, 0.05) is 29.7 Å². The molecule has 1 aliphatic rings. The molecule has 3 aromatic carbocycles. The zero-order valence-electron chi connectivity index (χ0n) is 19.6. The first-order valence-corrected chi connectivity index (χ1v) is 13.9. The summed E-state index contributed by atoms with van der Waals surface area (Å²) in [5.41, 5.74) is 1.60. The Morgan fingerprint density at radius 1 is 0.971 bits per heavy atom. The highest BCUT2D eigenvalue weighted by Gasteiger charge is 2.39. The molecule has 1 heterocycles. The SMILES string of the molecule is COc1ccccc1CN(C(Cc1ccccc1)C(=O)N1CCCC1)S(=O)(=O)c1ccc(Br)cc1. The van der Waals surface area contributed by atoms with Gasteiger partial charge in [-0.3, -0.25) is 4.79 Å². The van der Waals surface area contributed by atoms with Gasteiger partial charge in [-0.05, 0) is 55.2 Å². The molecule has 3 aromatic rings. The molecule has 1 fully saturated rings. The Hall–Kier alpha value is -2.68. The number of carbonyl (C=O) groups is 1. The number of para-hydroxylation sites is 1. The zero-order chi connectivity index (χ0) is 24.8. The van der Waals surface area contributed by atoms with Crippen molar-refractivity contribution in [2.45, 2.75) is 36.7 Å². The molecule has 6 nitrogen and oxygen atoms in total. The lowest BCUT2D eigenvalue weighted by atomic mass is 10.0. The minimum Gasteiger partial charge on any atom is -0.496 e. The smallest absolute Gasteiger partial charge is 0.244 e. The molecule has 1 aliphatic heterocycles. The maximum absolute atomic E-state index is 14.1. The molecule has 8 heteroatoms. The first-order chi connectivity index (χ1) is 16.9. The van der Waals surface area contributed by atoms with Gasteiger partial charge in [0.25, 0.3) is 0 Å². The third-order valence-electron chi connectivity index (χ3n) is 6.26. The van der Waals surface area contributed by atoms with Crippen molar-refractivity contribution >= 4 is 31.9 Å². The van der Waals surface area contributed by atoms with Crippen LogP contribution in [0, 0.1) is 0 Å². The molecule has 0 bridgehead atoms. The Morgan fingerprint density at radius 3 is 2.26 bits per heavy atom. The van der Waals surface area contributed by atoms with E-state index in [0.29, 0.717) is 24.4 Å². The molecular weight excluding hydrogens is 528 g/mol. The minimum absolute atomic E-state index is 0.0134. The third kappa shape index (κ3) is 5.94. The second kappa shape index (κ2) is 11.4. The monoisotopic (exact) mass is 556 g/mol. The molecule has 0 N–H and O–H groups in total. The van der Waals surface area contributed by atoms with Gasteiger partial charge in [0.1, 0.15) is 11.8 Å². The summed E-state index contributed by atoms with van der Waals surface area (Å²) in [5, 5.41) is 0. The number of ether oxygens (including phenoxy) is 1. The number of benzene rings is 3. The average molecular weight is 558 g/mol. The second-order valence-corrected chi connectivity index (χ2v) is 11.4. The van der Waals surface area contributed by atoms with Gasteiger partial charge in [-0.25, -0.2) is 8.42 Å². The number of amides is 1. The summed E-state index contributed by atoms with van der Waals surface area (Å²) in [5.74, 6) is 0.414. The third-order valence-corrected chi connectivity index (χ3v) is 8.66. The van der Waals surface area contributed by atoms with E-state index in [-0.39, 0.29) is 23.8 Å². The molecule has 1 atom stereocenters. The number of halogens is 1. The maximum atomic E-state index is 14.1. The lowest BCUT2D eigenvalue weighted by Crippen LogP contribution is -2.51. The molecule has 184 valence electrons. The Labute approximate surface area is 215 Å². The van der Waals surface area contributed by atoms with Gasteiger partial charge < -0.3 is 9.64 Å². The molecule has 0 aromatic heterocycles. The maximum Gasteiger partial charge on any atom is 0.244 e. The van der Waals surface area contributed by atoms with E-state index in [1.807, 2.05) is 48.5 Å². The lowest BCUT2D eigenvalue weighted by Gasteiger charge is -2.33. The quantitative estimate of drug-likeness (QED) is 0.376. The van der Waals surface area contributed by atoms with Crippen LogP contribution in [0.15, 0.2) is 88.2 Å².